The number of nitrogens with zero attached hydrogens (tertiary/aromatic N) is 1. The van der Waals surface area contributed by atoms with Crippen molar-refractivity contribution in [1.82, 2.24) is 4.90 Å². The van der Waals surface area contributed by atoms with Crippen LogP contribution in [0.2, 0.25) is 0 Å². The highest BCUT2D eigenvalue weighted by molar-refractivity contribution is 5.77. The largest absolute Gasteiger partial charge is 0.396 e. The van der Waals surface area contributed by atoms with E-state index < -0.39 is 0 Å². The Hall–Kier alpha value is -0.610. The van der Waals surface area contributed by atoms with Crippen LogP contribution in [0.5, 0.6) is 0 Å². The average molecular weight is 201 g/mol. The Labute approximate surface area is 84.8 Å². The molecule has 0 aliphatic carbocycles. The molecule has 0 saturated carbocycles. The van der Waals surface area contributed by atoms with Crippen molar-refractivity contribution in [1.29, 1.82) is 0 Å². The smallest absolute Gasteiger partial charge is 0.248 e. The summed E-state index contributed by atoms with van der Waals surface area (Å²) in [6.07, 6.45) is 1.85. The average Bonchev–Trinajstić information content (AvgIpc) is 2.66. The first-order chi connectivity index (χ1) is 6.77. The minimum absolute atomic E-state index is 0.0504. The second kappa shape index (κ2) is 5.98. The lowest BCUT2D eigenvalue weighted by Crippen LogP contribution is -2.32. The van der Waals surface area contributed by atoms with E-state index in [1.54, 1.807) is 4.90 Å². The van der Waals surface area contributed by atoms with Crippen LogP contribution in [0.15, 0.2) is 0 Å². The Morgan fingerprint density at radius 3 is 3.00 bits per heavy atom. The van der Waals surface area contributed by atoms with Gasteiger partial charge in [0.15, 0.2) is 0 Å². The van der Waals surface area contributed by atoms with Crippen LogP contribution in [0, 0.1) is 5.92 Å². The number of likely N-dealkylation sites (tertiary alicyclic amines) is 1. The van der Waals surface area contributed by atoms with Gasteiger partial charge in [-0.05, 0) is 12.8 Å². The number of hydrogen-bond acceptors (Lipinski definition) is 3. The molecule has 14 heavy (non-hydrogen) atoms. The van der Waals surface area contributed by atoms with E-state index in [-0.39, 0.29) is 25.0 Å². The zero-order valence-corrected chi connectivity index (χ0v) is 8.74. The lowest BCUT2D eigenvalue weighted by Gasteiger charge is -2.15. The molecule has 1 aliphatic rings. The molecule has 0 radical (unpaired) electrons. The molecule has 1 N–H and O–H groups in total. The van der Waals surface area contributed by atoms with Crippen molar-refractivity contribution in [3.05, 3.63) is 0 Å². The van der Waals surface area contributed by atoms with E-state index in [1.807, 2.05) is 6.92 Å². The van der Waals surface area contributed by atoms with Gasteiger partial charge < -0.3 is 14.7 Å². The van der Waals surface area contributed by atoms with Gasteiger partial charge in [-0.3, -0.25) is 4.79 Å². The molecule has 1 amide bonds. The fourth-order valence-electron chi connectivity index (χ4n) is 1.60. The van der Waals surface area contributed by atoms with Crippen molar-refractivity contribution < 1.29 is 14.6 Å². The predicted molar refractivity (Wildman–Crippen MR) is 52.9 cm³/mol. The van der Waals surface area contributed by atoms with E-state index in [4.69, 9.17) is 9.84 Å². The summed E-state index contributed by atoms with van der Waals surface area (Å²) in [5, 5.41) is 8.91. The summed E-state index contributed by atoms with van der Waals surface area (Å²) in [5.41, 5.74) is 0. The Morgan fingerprint density at radius 1 is 1.64 bits per heavy atom. The number of aliphatic hydroxyl groups excluding tert-OH is 1. The second-order valence-corrected chi connectivity index (χ2v) is 3.73. The minimum Gasteiger partial charge on any atom is -0.396 e. The van der Waals surface area contributed by atoms with Gasteiger partial charge in [0.05, 0.1) is 0 Å². The van der Waals surface area contributed by atoms with Crippen LogP contribution in [0.25, 0.3) is 0 Å². The van der Waals surface area contributed by atoms with Gasteiger partial charge in [0, 0.05) is 32.2 Å². The molecule has 1 atom stereocenters. The molecule has 0 bridgehead atoms. The number of ether oxygens (including phenoxy) is 1. The van der Waals surface area contributed by atoms with Gasteiger partial charge in [0.2, 0.25) is 5.91 Å². The fourth-order valence-corrected chi connectivity index (χ4v) is 1.60. The van der Waals surface area contributed by atoms with Gasteiger partial charge in [-0.2, -0.15) is 0 Å². The summed E-state index contributed by atoms with van der Waals surface area (Å²) in [6.45, 7) is 4.47. The molecule has 0 aromatic rings. The van der Waals surface area contributed by atoms with Gasteiger partial charge in [0.1, 0.15) is 6.61 Å². The second-order valence-electron chi connectivity index (χ2n) is 3.73. The Kier molecular flexibility index (Phi) is 4.90. The molecular weight excluding hydrogens is 182 g/mol. The van der Waals surface area contributed by atoms with Gasteiger partial charge in [0.25, 0.3) is 0 Å². The van der Waals surface area contributed by atoms with E-state index in [1.165, 1.54) is 0 Å². The Balaban J connectivity index is 2.18. The minimum atomic E-state index is 0.0504. The molecule has 0 aromatic heterocycles. The van der Waals surface area contributed by atoms with Crippen molar-refractivity contribution in [2.75, 3.05) is 32.9 Å². The lowest BCUT2D eigenvalue weighted by atomic mass is 10.1. The first-order valence-electron chi connectivity index (χ1n) is 5.24. The summed E-state index contributed by atoms with van der Waals surface area (Å²) in [7, 11) is 0. The molecule has 1 heterocycles. The highest BCUT2D eigenvalue weighted by Gasteiger charge is 2.25. The van der Waals surface area contributed by atoms with Crippen molar-refractivity contribution in [3.8, 4) is 0 Å². The summed E-state index contributed by atoms with van der Waals surface area (Å²) in [5.74, 6) is 0.319. The Morgan fingerprint density at radius 2 is 2.43 bits per heavy atom. The van der Waals surface area contributed by atoms with Gasteiger partial charge >= 0.3 is 0 Å². The third kappa shape index (κ3) is 3.27. The molecule has 0 spiro atoms. The molecule has 1 unspecified atom stereocenters. The van der Waals surface area contributed by atoms with Crippen LogP contribution < -0.4 is 0 Å². The summed E-state index contributed by atoms with van der Waals surface area (Å²) < 4.78 is 5.17. The monoisotopic (exact) mass is 201 g/mol. The van der Waals surface area contributed by atoms with E-state index in [9.17, 15) is 4.79 Å². The summed E-state index contributed by atoms with van der Waals surface area (Å²) in [4.78, 5) is 13.3. The molecule has 1 fully saturated rings. The molecule has 1 rings (SSSR count). The van der Waals surface area contributed by atoms with Crippen LogP contribution in [0.3, 0.4) is 0 Å². The van der Waals surface area contributed by atoms with E-state index in [0.29, 0.717) is 13.2 Å². The molecule has 0 aromatic carbocycles. The van der Waals surface area contributed by atoms with Crippen LogP contribution in [-0.4, -0.2) is 48.8 Å². The van der Waals surface area contributed by atoms with E-state index in [2.05, 4.69) is 0 Å². The normalized spacial score (nSPS) is 21.6. The molecule has 4 heteroatoms. The quantitative estimate of drug-likeness (QED) is 0.649. The van der Waals surface area contributed by atoms with Crippen molar-refractivity contribution in [2.45, 2.75) is 19.8 Å². The number of hydrogen-bond donors (Lipinski definition) is 1. The third-order valence-electron chi connectivity index (χ3n) is 2.47. The molecule has 1 saturated heterocycles. The van der Waals surface area contributed by atoms with Gasteiger partial charge in [-0.1, -0.05) is 6.92 Å². The van der Waals surface area contributed by atoms with Crippen molar-refractivity contribution in [2.24, 2.45) is 5.92 Å². The zero-order valence-electron chi connectivity index (χ0n) is 8.74. The van der Waals surface area contributed by atoms with Crippen LogP contribution in [0.1, 0.15) is 19.8 Å². The fraction of sp³-hybridized carbons (Fsp3) is 0.900. The highest BCUT2D eigenvalue weighted by atomic mass is 16.5. The standard InChI is InChI=1S/C10H19NO3/c1-2-5-14-8-10(13)11-4-3-9(6-11)7-12/h9,12H,2-8H2,1H3. The number of carbonyl (C=O) groups is 1. The van der Waals surface area contributed by atoms with E-state index >= 15 is 0 Å². The number of carbonyl (C=O) groups excluding carboxylic acids is 1. The number of rotatable bonds is 5. The first-order valence-corrected chi connectivity index (χ1v) is 5.24. The maximum Gasteiger partial charge on any atom is 0.248 e. The van der Waals surface area contributed by atoms with Crippen LogP contribution >= 0.6 is 0 Å². The predicted octanol–water partition coefficient (Wildman–Crippen LogP) is 0.254. The van der Waals surface area contributed by atoms with E-state index in [0.717, 1.165) is 19.4 Å². The van der Waals surface area contributed by atoms with Crippen molar-refractivity contribution in [3.63, 3.8) is 0 Å². The molecule has 1 aliphatic heterocycles. The third-order valence-corrected chi connectivity index (χ3v) is 2.47. The topological polar surface area (TPSA) is 49.8 Å². The molecule has 4 nitrogen and oxygen atoms in total. The molecule has 82 valence electrons. The van der Waals surface area contributed by atoms with Crippen LogP contribution in [0.4, 0.5) is 0 Å². The zero-order chi connectivity index (χ0) is 10.4. The Bertz CT molecular complexity index is 184. The first kappa shape index (κ1) is 11.5. The van der Waals surface area contributed by atoms with Gasteiger partial charge in [-0.25, -0.2) is 0 Å². The van der Waals surface area contributed by atoms with Gasteiger partial charge in [-0.15, -0.1) is 0 Å². The summed E-state index contributed by atoms with van der Waals surface area (Å²) >= 11 is 0. The SMILES string of the molecule is CCCOCC(=O)N1CCC(CO)C1. The maximum absolute atomic E-state index is 11.5. The van der Waals surface area contributed by atoms with Crippen molar-refractivity contribution >= 4 is 5.91 Å². The number of amides is 1. The number of aliphatic hydroxyl groups is 1. The summed E-state index contributed by atoms with van der Waals surface area (Å²) in [6, 6.07) is 0. The highest BCUT2D eigenvalue weighted by Crippen LogP contribution is 2.15. The van der Waals surface area contributed by atoms with Crippen LogP contribution in [-0.2, 0) is 9.53 Å². The maximum atomic E-state index is 11.5. The molecular formula is C10H19NO3. The lowest BCUT2D eigenvalue weighted by molar-refractivity contribution is -0.135.